The molecule has 0 aliphatic carbocycles. The van der Waals surface area contributed by atoms with Gasteiger partial charge in [0.2, 0.25) is 5.78 Å². The Bertz CT molecular complexity index is 962. The highest BCUT2D eigenvalue weighted by molar-refractivity contribution is 5.98. The van der Waals surface area contributed by atoms with Crippen LogP contribution in [-0.2, 0) is 17.8 Å². The summed E-state index contributed by atoms with van der Waals surface area (Å²) in [5.41, 5.74) is 1.92. The Morgan fingerprint density at radius 1 is 1.13 bits per heavy atom. The number of likely N-dealkylation sites (tertiary alicyclic amines) is 1. The number of carbonyl (C=O) groups excluding carboxylic acids is 1. The van der Waals surface area contributed by atoms with E-state index in [4.69, 9.17) is 9.72 Å². The van der Waals surface area contributed by atoms with Crippen molar-refractivity contribution in [1.82, 2.24) is 34.7 Å². The van der Waals surface area contributed by atoms with Crippen molar-refractivity contribution in [3.8, 4) is 0 Å². The van der Waals surface area contributed by atoms with Crippen LogP contribution in [0.3, 0.4) is 0 Å². The first-order chi connectivity index (χ1) is 15.3. The molecule has 0 bridgehead atoms. The molecule has 31 heavy (non-hydrogen) atoms. The molecule has 3 heterocycles. The number of carbonyl (C=O) groups is 1. The van der Waals surface area contributed by atoms with Gasteiger partial charge in [-0.05, 0) is 68.3 Å². The number of unbranched alkanes of at least 4 members (excludes halogenated alkanes) is 1. The summed E-state index contributed by atoms with van der Waals surface area (Å²) in [4.78, 5) is 20.5. The molecule has 0 spiro atoms. The van der Waals surface area contributed by atoms with Crippen molar-refractivity contribution < 1.29 is 9.53 Å². The average Bonchev–Trinajstić information content (AvgIpc) is 3.45. The lowest BCUT2D eigenvalue weighted by Crippen LogP contribution is -2.38. The molecule has 0 unspecified atom stereocenters. The minimum atomic E-state index is 0.0418. The molecule has 166 valence electrons. The van der Waals surface area contributed by atoms with Crippen molar-refractivity contribution in [2.75, 3.05) is 32.8 Å². The fraction of sp³-hybridized carbons (Fsp3) is 0.591. The number of Topliss-reactive ketones (excluding diaryl/α,β-unsaturated/α-hetero) is 1. The smallest absolute Gasteiger partial charge is 0.201 e. The summed E-state index contributed by atoms with van der Waals surface area (Å²) < 4.78 is 9.31. The van der Waals surface area contributed by atoms with Gasteiger partial charge in [-0.1, -0.05) is 12.1 Å². The van der Waals surface area contributed by atoms with Crippen LogP contribution in [0.5, 0.6) is 0 Å². The Hall–Kier alpha value is -2.65. The quantitative estimate of drug-likeness (QED) is 0.344. The van der Waals surface area contributed by atoms with Gasteiger partial charge in [0, 0.05) is 32.2 Å². The maximum Gasteiger partial charge on any atom is 0.201 e. The molecule has 0 radical (unpaired) electrons. The predicted molar refractivity (Wildman–Crippen MR) is 117 cm³/mol. The number of para-hydroxylation sites is 2. The van der Waals surface area contributed by atoms with E-state index in [0.717, 1.165) is 82.7 Å². The maximum absolute atomic E-state index is 13.4. The number of tetrazole rings is 1. The number of benzene rings is 1. The summed E-state index contributed by atoms with van der Waals surface area (Å²) in [6.07, 6.45) is 5.25. The van der Waals surface area contributed by atoms with E-state index in [1.807, 2.05) is 25.1 Å². The van der Waals surface area contributed by atoms with Gasteiger partial charge in [-0.3, -0.25) is 4.79 Å². The number of aromatic nitrogens is 6. The number of ether oxygens (including phenoxy) is 1. The molecule has 1 aromatic carbocycles. The first kappa shape index (κ1) is 21.6. The predicted octanol–water partition coefficient (Wildman–Crippen LogP) is 2.43. The largest absolute Gasteiger partial charge is 0.380 e. The summed E-state index contributed by atoms with van der Waals surface area (Å²) in [5.74, 6) is 0.831. The second-order valence-electron chi connectivity index (χ2n) is 8.03. The fourth-order valence-electron chi connectivity index (χ4n) is 4.26. The second kappa shape index (κ2) is 10.6. The van der Waals surface area contributed by atoms with Crippen molar-refractivity contribution in [3.05, 3.63) is 36.4 Å². The normalized spacial score (nSPS) is 15.6. The summed E-state index contributed by atoms with van der Waals surface area (Å²) in [6, 6.07) is 8.02. The number of rotatable bonds is 11. The van der Waals surface area contributed by atoms with Gasteiger partial charge in [-0.15, -0.1) is 5.10 Å². The maximum atomic E-state index is 13.4. The monoisotopic (exact) mass is 425 g/mol. The Kier molecular flexibility index (Phi) is 7.37. The van der Waals surface area contributed by atoms with Gasteiger partial charge >= 0.3 is 0 Å². The second-order valence-corrected chi connectivity index (χ2v) is 8.03. The van der Waals surface area contributed by atoms with E-state index in [0.29, 0.717) is 5.82 Å². The van der Waals surface area contributed by atoms with Crippen molar-refractivity contribution in [2.24, 2.45) is 5.92 Å². The number of hydrogen-bond acceptors (Lipinski definition) is 7. The number of aryl methyl sites for hydroxylation is 2. The van der Waals surface area contributed by atoms with E-state index in [9.17, 15) is 4.79 Å². The SMILES string of the molecule is CCOCCN1CCC(C(=O)c2nc3ccccc3n2CCCCn2cnnn2)CC1. The molecule has 9 nitrogen and oxygen atoms in total. The molecule has 9 heteroatoms. The van der Waals surface area contributed by atoms with Crippen LogP contribution in [0.15, 0.2) is 30.6 Å². The lowest BCUT2D eigenvalue weighted by molar-refractivity contribution is 0.0752. The van der Waals surface area contributed by atoms with Gasteiger partial charge in [0.25, 0.3) is 0 Å². The number of piperidine rings is 1. The number of imidazole rings is 1. The number of hydrogen-bond donors (Lipinski definition) is 0. The van der Waals surface area contributed by atoms with Crippen molar-refractivity contribution >= 4 is 16.8 Å². The zero-order chi connectivity index (χ0) is 21.5. The highest BCUT2D eigenvalue weighted by Crippen LogP contribution is 2.25. The first-order valence-corrected chi connectivity index (χ1v) is 11.3. The summed E-state index contributed by atoms with van der Waals surface area (Å²) in [7, 11) is 0. The van der Waals surface area contributed by atoms with Crippen LogP contribution in [0.4, 0.5) is 0 Å². The zero-order valence-corrected chi connectivity index (χ0v) is 18.2. The van der Waals surface area contributed by atoms with Gasteiger partial charge in [-0.2, -0.15) is 0 Å². The summed E-state index contributed by atoms with van der Waals surface area (Å²) >= 11 is 0. The lowest BCUT2D eigenvalue weighted by atomic mass is 9.92. The third-order valence-electron chi connectivity index (χ3n) is 6.00. The third-order valence-corrected chi connectivity index (χ3v) is 6.00. The molecule has 1 aliphatic rings. The molecular formula is C22H31N7O2. The molecule has 1 saturated heterocycles. The molecule has 2 aromatic heterocycles. The highest BCUT2D eigenvalue weighted by atomic mass is 16.5. The molecule has 0 amide bonds. The minimum absolute atomic E-state index is 0.0418. The molecule has 1 aliphatic heterocycles. The lowest BCUT2D eigenvalue weighted by Gasteiger charge is -2.31. The minimum Gasteiger partial charge on any atom is -0.380 e. The highest BCUT2D eigenvalue weighted by Gasteiger charge is 2.29. The Balaban J connectivity index is 1.40. The van der Waals surface area contributed by atoms with Gasteiger partial charge in [0.15, 0.2) is 5.82 Å². The van der Waals surface area contributed by atoms with E-state index in [-0.39, 0.29) is 11.7 Å². The fourth-order valence-corrected chi connectivity index (χ4v) is 4.26. The Labute approximate surface area is 182 Å². The number of nitrogens with zero attached hydrogens (tertiary/aromatic N) is 7. The van der Waals surface area contributed by atoms with Crippen LogP contribution >= 0.6 is 0 Å². The molecule has 0 saturated carbocycles. The van der Waals surface area contributed by atoms with Crippen LogP contribution < -0.4 is 0 Å². The number of fused-ring (bicyclic) bond motifs is 1. The van der Waals surface area contributed by atoms with Crippen molar-refractivity contribution in [3.63, 3.8) is 0 Å². The van der Waals surface area contributed by atoms with Crippen molar-refractivity contribution in [1.29, 1.82) is 0 Å². The van der Waals surface area contributed by atoms with Crippen molar-refractivity contribution in [2.45, 2.75) is 45.7 Å². The van der Waals surface area contributed by atoms with Crippen LogP contribution in [0, 0.1) is 5.92 Å². The molecule has 4 rings (SSSR count). The Morgan fingerprint density at radius 3 is 2.71 bits per heavy atom. The zero-order valence-electron chi connectivity index (χ0n) is 18.2. The molecule has 1 fully saturated rings. The molecule has 0 N–H and O–H groups in total. The van der Waals surface area contributed by atoms with Gasteiger partial charge in [0.05, 0.1) is 17.6 Å². The van der Waals surface area contributed by atoms with Crippen LogP contribution in [0.2, 0.25) is 0 Å². The number of ketones is 1. The van der Waals surface area contributed by atoms with Gasteiger partial charge in [0.1, 0.15) is 6.33 Å². The van der Waals surface area contributed by atoms with E-state index >= 15 is 0 Å². The van der Waals surface area contributed by atoms with Crippen LogP contribution in [-0.4, -0.2) is 73.3 Å². The van der Waals surface area contributed by atoms with Gasteiger partial charge < -0.3 is 14.2 Å². The summed E-state index contributed by atoms with van der Waals surface area (Å²) in [6.45, 7) is 7.87. The van der Waals surface area contributed by atoms with E-state index in [1.54, 1.807) is 11.0 Å². The van der Waals surface area contributed by atoms with Gasteiger partial charge in [-0.25, -0.2) is 9.67 Å². The molecule has 3 aromatic rings. The Morgan fingerprint density at radius 2 is 1.94 bits per heavy atom. The first-order valence-electron chi connectivity index (χ1n) is 11.3. The van der Waals surface area contributed by atoms with E-state index in [1.165, 1.54) is 0 Å². The standard InChI is InChI=1S/C22H31N7O2/c1-2-31-16-15-27-13-9-18(10-14-27)21(30)22-24-19-7-3-4-8-20(19)29(22)12-6-5-11-28-17-23-25-26-28/h3-4,7-8,17-18H,2,5-6,9-16H2,1H3. The van der Waals surface area contributed by atoms with Crippen LogP contribution in [0.25, 0.3) is 11.0 Å². The topological polar surface area (TPSA) is 91.0 Å². The van der Waals surface area contributed by atoms with E-state index < -0.39 is 0 Å². The molecule has 0 atom stereocenters. The van der Waals surface area contributed by atoms with Crippen LogP contribution in [0.1, 0.15) is 43.2 Å². The average molecular weight is 426 g/mol. The summed E-state index contributed by atoms with van der Waals surface area (Å²) in [5, 5.41) is 11.2. The third kappa shape index (κ3) is 5.34. The molecular weight excluding hydrogens is 394 g/mol. The van der Waals surface area contributed by atoms with E-state index in [2.05, 4.69) is 31.1 Å².